The number of hydrazine groups is 1. The molecule has 1 aliphatic rings. The number of amides is 1. The molecule has 21 heavy (non-hydrogen) atoms. The van der Waals surface area contributed by atoms with Crippen LogP contribution in [0.4, 0.5) is 0 Å². The van der Waals surface area contributed by atoms with Gasteiger partial charge in [0.15, 0.2) is 0 Å². The number of aromatic hydroxyl groups is 1. The fourth-order valence-corrected chi connectivity index (χ4v) is 2.88. The fraction of sp³-hybridized carbons (Fsp3) is 0.333. The Balaban J connectivity index is 2.33. The molecule has 2 aromatic rings. The fourth-order valence-electron chi connectivity index (χ4n) is 2.88. The number of hydrogen-bond donors (Lipinski definition) is 2. The van der Waals surface area contributed by atoms with Crippen molar-refractivity contribution < 1.29 is 9.90 Å². The van der Waals surface area contributed by atoms with E-state index in [0.29, 0.717) is 11.9 Å². The largest absolute Gasteiger partial charge is 0.506 e. The number of para-hydroxylation sites is 1. The summed E-state index contributed by atoms with van der Waals surface area (Å²) in [5, 5.41) is 12.4. The van der Waals surface area contributed by atoms with Crippen LogP contribution in [0.15, 0.2) is 23.0 Å². The minimum absolute atomic E-state index is 0.199. The van der Waals surface area contributed by atoms with Crippen molar-refractivity contribution in [2.24, 2.45) is 0 Å². The highest BCUT2D eigenvalue weighted by Gasteiger charge is 2.25. The van der Waals surface area contributed by atoms with Gasteiger partial charge in [0.05, 0.1) is 5.52 Å². The number of carbonyl (C=O) groups is 1. The smallest absolute Gasteiger partial charge is 0.275 e. The van der Waals surface area contributed by atoms with E-state index in [2.05, 4.69) is 5.43 Å². The van der Waals surface area contributed by atoms with Crippen molar-refractivity contribution in [1.82, 2.24) is 15.0 Å². The highest BCUT2D eigenvalue weighted by molar-refractivity contribution is 6.02. The van der Waals surface area contributed by atoms with Crippen LogP contribution in [-0.4, -0.2) is 34.7 Å². The zero-order valence-electron chi connectivity index (χ0n) is 12.0. The van der Waals surface area contributed by atoms with Gasteiger partial charge >= 0.3 is 0 Å². The van der Waals surface area contributed by atoms with E-state index in [1.165, 1.54) is 5.01 Å². The predicted molar refractivity (Wildman–Crippen MR) is 79.3 cm³/mol. The maximum atomic E-state index is 12.6. The van der Waals surface area contributed by atoms with E-state index in [9.17, 15) is 14.7 Å². The second-order valence-corrected chi connectivity index (χ2v) is 5.43. The summed E-state index contributed by atoms with van der Waals surface area (Å²) in [7, 11) is 3.30. The van der Waals surface area contributed by atoms with Crippen molar-refractivity contribution in [1.29, 1.82) is 0 Å². The van der Waals surface area contributed by atoms with Crippen LogP contribution in [0.1, 0.15) is 22.3 Å². The molecule has 0 bridgehead atoms. The number of benzene rings is 1. The molecule has 1 aliphatic heterocycles. The van der Waals surface area contributed by atoms with Gasteiger partial charge in [-0.25, -0.2) is 5.01 Å². The van der Waals surface area contributed by atoms with Crippen molar-refractivity contribution in [3.63, 3.8) is 0 Å². The summed E-state index contributed by atoms with van der Waals surface area (Å²) < 4.78 is 1.60. The molecule has 0 aliphatic carbocycles. The molecule has 1 aromatic carbocycles. The minimum Gasteiger partial charge on any atom is -0.506 e. The van der Waals surface area contributed by atoms with E-state index in [0.717, 1.165) is 23.9 Å². The first kappa shape index (κ1) is 13.6. The topological polar surface area (TPSA) is 74.6 Å². The maximum Gasteiger partial charge on any atom is 0.275 e. The molecule has 2 heterocycles. The molecule has 1 aromatic heterocycles. The lowest BCUT2D eigenvalue weighted by molar-refractivity contribution is 0.0852. The van der Waals surface area contributed by atoms with Gasteiger partial charge in [-0.2, -0.15) is 0 Å². The summed E-state index contributed by atoms with van der Waals surface area (Å²) in [6.07, 6.45) is 1.73. The summed E-state index contributed by atoms with van der Waals surface area (Å²) in [5.41, 5.74) is 3.65. The summed E-state index contributed by atoms with van der Waals surface area (Å²) >= 11 is 0. The second kappa shape index (κ2) is 4.89. The van der Waals surface area contributed by atoms with E-state index in [-0.39, 0.29) is 11.3 Å². The Morgan fingerprint density at radius 2 is 2.14 bits per heavy atom. The summed E-state index contributed by atoms with van der Waals surface area (Å²) in [6.45, 7) is 0.564. The molecule has 0 unspecified atom stereocenters. The minimum atomic E-state index is -0.593. The number of aryl methyl sites for hydroxylation is 2. The van der Waals surface area contributed by atoms with Crippen molar-refractivity contribution in [2.75, 3.05) is 14.1 Å². The first-order valence-electron chi connectivity index (χ1n) is 6.86. The van der Waals surface area contributed by atoms with Gasteiger partial charge in [-0.15, -0.1) is 0 Å². The molecule has 0 radical (unpaired) electrons. The third-order valence-electron chi connectivity index (χ3n) is 3.72. The van der Waals surface area contributed by atoms with Gasteiger partial charge in [0, 0.05) is 26.0 Å². The van der Waals surface area contributed by atoms with E-state index in [1.54, 1.807) is 24.7 Å². The molecular weight excluding hydrogens is 270 g/mol. The van der Waals surface area contributed by atoms with Crippen molar-refractivity contribution in [3.05, 3.63) is 39.7 Å². The average molecular weight is 287 g/mol. The summed E-state index contributed by atoms with van der Waals surface area (Å²) in [4.78, 5) is 24.8. The molecule has 0 fully saturated rings. The van der Waals surface area contributed by atoms with Crippen LogP contribution in [-0.2, 0) is 13.0 Å². The molecule has 6 heteroatoms. The highest BCUT2D eigenvalue weighted by atomic mass is 16.3. The molecule has 0 saturated carbocycles. The van der Waals surface area contributed by atoms with Crippen molar-refractivity contribution >= 4 is 16.8 Å². The predicted octanol–water partition coefficient (Wildman–Crippen LogP) is 0.860. The Labute approximate surface area is 121 Å². The Kier molecular flexibility index (Phi) is 3.17. The standard InChI is InChI=1S/C15H17N3O3/c1-17(2)16-14(20)11-13(19)10-7-3-5-9-6-4-8-18(12(9)10)15(11)21/h3,5,7,19H,4,6,8H2,1-2H3,(H,16,20). The Bertz CT molecular complexity index is 793. The molecule has 0 spiro atoms. The van der Waals surface area contributed by atoms with Gasteiger partial charge in [-0.1, -0.05) is 12.1 Å². The average Bonchev–Trinajstić information content (AvgIpc) is 2.44. The van der Waals surface area contributed by atoms with Gasteiger partial charge in [-0.3, -0.25) is 15.0 Å². The Hall–Kier alpha value is -2.34. The lowest BCUT2D eigenvalue weighted by Crippen LogP contribution is -2.40. The summed E-state index contributed by atoms with van der Waals surface area (Å²) in [5.74, 6) is -0.835. The Morgan fingerprint density at radius 3 is 2.86 bits per heavy atom. The molecule has 0 atom stereocenters. The molecule has 2 N–H and O–H groups in total. The lowest BCUT2D eigenvalue weighted by atomic mass is 9.99. The van der Waals surface area contributed by atoms with Crippen LogP contribution in [0, 0.1) is 0 Å². The van der Waals surface area contributed by atoms with Crippen LogP contribution < -0.4 is 11.0 Å². The quantitative estimate of drug-likeness (QED) is 0.803. The molecule has 3 rings (SSSR count). The molecule has 0 saturated heterocycles. The zero-order chi connectivity index (χ0) is 15.1. The number of carbonyl (C=O) groups excluding carboxylic acids is 1. The zero-order valence-corrected chi connectivity index (χ0v) is 12.0. The molecule has 6 nitrogen and oxygen atoms in total. The van der Waals surface area contributed by atoms with E-state index < -0.39 is 11.5 Å². The number of rotatable bonds is 2. The number of pyridine rings is 1. The van der Waals surface area contributed by atoms with Gasteiger partial charge in [0.25, 0.3) is 11.5 Å². The van der Waals surface area contributed by atoms with E-state index in [4.69, 9.17) is 0 Å². The van der Waals surface area contributed by atoms with Gasteiger partial charge in [0.2, 0.25) is 0 Å². The first-order valence-corrected chi connectivity index (χ1v) is 6.86. The van der Waals surface area contributed by atoms with Crippen molar-refractivity contribution in [3.8, 4) is 5.75 Å². The second-order valence-electron chi connectivity index (χ2n) is 5.43. The number of nitrogens with zero attached hydrogens (tertiary/aromatic N) is 2. The number of nitrogens with one attached hydrogen (secondary N) is 1. The monoisotopic (exact) mass is 287 g/mol. The SMILES string of the molecule is CN(C)NC(=O)c1c(O)c2cccc3c2n(c1=O)CCC3. The normalized spacial score (nSPS) is 13.7. The number of aromatic nitrogens is 1. The first-order chi connectivity index (χ1) is 10.0. The summed E-state index contributed by atoms with van der Waals surface area (Å²) in [6, 6.07) is 5.53. The van der Waals surface area contributed by atoms with Crippen LogP contribution in [0.5, 0.6) is 5.75 Å². The third-order valence-corrected chi connectivity index (χ3v) is 3.72. The van der Waals surface area contributed by atoms with Gasteiger partial charge < -0.3 is 9.67 Å². The van der Waals surface area contributed by atoms with Crippen LogP contribution in [0.2, 0.25) is 0 Å². The van der Waals surface area contributed by atoms with Crippen LogP contribution in [0.25, 0.3) is 10.9 Å². The molecule has 110 valence electrons. The van der Waals surface area contributed by atoms with E-state index >= 15 is 0 Å². The van der Waals surface area contributed by atoms with Crippen molar-refractivity contribution in [2.45, 2.75) is 19.4 Å². The number of hydrogen-bond acceptors (Lipinski definition) is 4. The van der Waals surface area contributed by atoms with Gasteiger partial charge in [0.1, 0.15) is 11.3 Å². The molecule has 1 amide bonds. The highest BCUT2D eigenvalue weighted by Crippen LogP contribution is 2.31. The Morgan fingerprint density at radius 1 is 1.38 bits per heavy atom. The van der Waals surface area contributed by atoms with Gasteiger partial charge in [-0.05, 0) is 24.5 Å². The van der Waals surface area contributed by atoms with E-state index in [1.807, 2.05) is 12.1 Å². The maximum absolute atomic E-state index is 12.6. The molecular formula is C15H17N3O3. The third kappa shape index (κ3) is 2.08. The van der Waals surface area contributed by atoms with Crippen LogP contribution in [0.3, 0.4) is 0 Å². The lowest BCUT2D eigenvalue weighted by Gasteiger charge is -2.21. The van der Waals surface area contributed by atoms with Crippen LogP contribution >= 0.6 is 0 Å².